The van der Waals surface area contributed by atoms with Gasteiger partial charge in [-0.3, -0.25) is 13.9 Å². The van der Waals surface area contributed by atoms with Gasteiger partial charge in [0.2, 0.25) is 11.8 Å². The monoisotopic (exact) mass is 595 g/mol. The minimum Gasteiger partial charge on any atom is -0.352 e. The minimum atomic E-state index is -4.12. The molecule has 1 aliphatic rings. The van der Waals surface area contributed by atoms with E-state index < -0.39 is 28.5 Å². The Hall–Kier alpha value is -3.36. The van der Waals surface area contributed by atoms with Crippen LogP contribution in [0.1, 0.15) is 55.7 Å². The van der Waals surface area contributed by atoms with Gasteiger partial charge in [0.05, 0.1) is 10.6 Å². The van der Waals surface area contributed by atoms with Gasteiger partial charge in [0.1, 0.15) is 12.6 Å². The lowest BCUT2D eigenvalue weighted by Crippen LogP contribution is -2.53. The molecular formula is C32H38ClN3O4S. The predicted molar refractivity (Wildman–Crippen MR) is 163 cm³/mol. The highest BCUT2D eigenvalue weighted by molar-refractivity contribution is 7.92. The normalized spacial score (nSPS) is 14.7. The van der Waals surface area contributed by atoms with Crippen molar-refractivity contribution in [3.8, 4) is 0 Å². The second kappa shape index (κ2) is 13.5. The van der Waals surface area contributed by atoms with Crippen LogP contribution in [0.4, 0.5) is 5.69 Å². The molecule has 1 unspecified atom stereocenters. The van der Waals surface area contributed by atoms with E-state index in [0.717, 1.165) is 53.1 Å². The fraction of sp³-hybridized carbons (Fsp3) is 0.375. The largest absolute Gasteiger partial charge is 0.352 e. The van der Waals surface area contributed by atoms with Crippen LogP contribution in [0.2, 0.25) is 5.02 Å². The summed E-state index contributed by atoms with van der Waals surface area (Å²) < 4.78 is 28.9. The van der Waals surface area contributed by atoms with Crippen molar-refractivity contribution in [3.05, 3.63) is 94.5 Å². The van der Waals surface area contributed by atoms with Crippen LogP contribution in [0.25, 0.3) is 0 Å². The van der Waals surface area contributed by atoms with Crippen molar-refractivity contribution < 1.29 is 18.0 Å². The summed E-state index contributed by atoms with van der Waals surface area (Å²) in [7, 11) is -4.12. The average Bonchev–Trinajstić information content (AvgIpc) is 2.95. The summed E-state index contributed by atoms with van der Waals surface area (Å²) in [6.45, 7) is 5.22. The molecule has 0 bridgehead atoms. The molecule has 4 rings (SSSR count). The molecule has 0 aromatic heterocycles. The number of anilines is 1. The van der Waals surface area contributed by atoms with E-state index in [0.29, 0.717) is 10.7 Å². The topological polar surface area (TPSA) is 86.8 Å². The molecular weight excluding hydrogens is 558 g/mol. The highest BCUT2D eigenvalue weighted by atomic mass is 35.5. The maximum Gasteiger partial charge on any atom is 0.264 e. The van der Waals surface area contributed by atoms with Gasteiger partial charge in [0.15, 0.2) is 0 Å². The number of hydrogen-bond donors (Lipinski definition) is 1. The second-order valence-electron chi connectivity index (χ2n) is 10.8. The Morgan fingerprint density at radius 1 is 0.927 bits per heavy atom. The van der Waals surface area contributed by atoms with Crippen LogP contribution in [-0.4, -0.2) is 43.8 Å². The first-order chi connectivity index (χ1) is 19.5. The molecule has 0 heterocycles. The molecule has 1 atom stereocenters. The van der Waals surface area contributed by atoms with E-state index in [2.05, 4.69) is 5.32 Å². The van der Waals surface area contributed by atoms with Gasteiger partial charge in [-0.15, -0.1) is 0 Å². The molecule has 0 radical (unpaired) electrons. The van der Waals surface area contributed by atoms with Crippen molar-refractivity contribution in [2.75, 3.05) is 10.8 Å². The maximum absolute atomic E-state index is 14.1. The summed E-state index contributed by atoms with van der Waals surface area (Å²) in [6, 6.07) is 19.8. The highest BCUT2D eigenvalue weighted by Gasteiger charge is 2.33. The second-order valence-corrected chi connectivity index (χ2v) is 13.1. The number of nitrogens with zero attached hydrogens (tertiary/aromatic N) is 2. The number of carbonyl (C=O) groups is 2. The molecule has 41 heavy (non-hydrogen) atoms. The summed E-state index contributed by atoms with van der Waals surface area (Å²) in [5, 5.41) is 3.57. The number of halogens is 1. The zero-order valence-electron chi connectivity index (χ0n) is 23.8. The Morgan fingerprint density at radius 2 is 1.59 bits per heavy atom. The van der Waals surface area contributed by atoms with Gasteiger partial charge >= 0.3 is 0 Å². The number of rotatable bonds is 10. The molecule has 2 amide bonds. The smallest absolute Gasteiger partial charge is 0.264 e. The predicted octanol–water partition coefficient (Wildman–Crippen LogP) is 6.02. The van der Waals surface area contributed by atoms with Gasteiger partial charge in [-0.05, 0) is 75.6 Å². The molecule has 1 saturated carbocycles. The van der Waals surface area contributed by atoms with Gasteiger partial charge in [0.25, 0.3) is 10.0 Å². The van der Waals surface area contributed by atoms with E-state index in [-0.39, 0.29) is 23.4 Å². The van der Waals surface area contributed by atoms with E-state index in [1.54, 1.807) is 43.3 Å². The summed E-state index contributed by atoms with van der Waals surface area (Å²) in [5.41, 5.74) is 3.10. The third-order valence-electron chi connectivity index (χ3n) is 7.56. The third kappa shape index (κ3) is 7.89. The number of nitrogens with one attached hydrogen (secondary N) is 1. The van der Waals surface area contributed by atoms with Crippen molar-refractivity contribution in [3.63, 3.8) is 0 Å². The molecule has 1 aliphatic carbocycles. The van der Waals surface area contributed by atoms with Crippen LogP contribution in [0, 0.1) is 13.8 Å². The van der Waals surface area contributed by atoms with Crippen LogP contribution in [-0.2, 0) is 26.2 Å². The Kier molecular flexibility index (Phi) is 10.1. The van der Waals surface area contributed by atoms with Gasteiger partial charge in [-0.2, -0.15) is 0 Å². The Bertz CT molecular complexity index is 1450. The van der Waals surface area contributed by atoms with Gasteiger partial charge in [0, 0.05) is 17.6 Å². The molecule has 3 aromatic carbocycles. The van der Waals surface area contributed by atoms with Gasteiger partial charge < -0.3 is 10.2 Å². The summed E-state index contributed by atoms with van der Waals surface area (Å²) in [6.07, 6.45) is 5.14. The quantitative estimate of drug-likeness (QED) is 0.311. The Morgan fingerprint density at radius 3 is 2.22 bits per heavy atom. The zero-order valence-corrected chi connectivity index (χ0v) is 25.4. The Balaban J connectivity index is 1.67. The molecule has 0 spiro atoms. The van der Waals surface area contributed by atoms with E-state index in [1.807, 2.05) is 38.1 Å². The SMILES string of the molecule is Cc1ccc(S(=O)(=O)N(CC(=O)N(Cc2cccc(C)c2)C(C)C(=O)NC2CCCCC2)c2ccc(Cl)cc2)cc1. The standard InChI is InChI=1S/C32H38ClN3O4S/c1-23-12-18-30(19-13-23)41(39,40)36(29-16-14-27(33)15-17-29)22-31(37)35(21-26-9-7-8-24(2)20-26)25(3)32(38)34-28-10-5-4-6-11-28/h7-9,12-20,25,28H,4-6,10-11,21-22H2,1-3H3,(H,34,38). The molecule has 1 fully saturated rings. The molecule has 0 saturated heterocycles. The molecule has 218 valence electrons. The summed E-state index contributed by atoms with van der Waals surface area (Å²) in [4.78, 5) is 29.0. The zero-order chi connectivity index (χ0) is 29.6. The highest BCUT2D eigenvalue weighted by Crippen LogP contribution is 2.26. The van der Waals surface area contributed by atoms with Crippen molar-refractivity contribution in [2.45, 2.75) is 76.4 Å². The lowest BCUT2D eigenvalue weighted by molar-refractivity contribution is -0.139. The minimum absolute atomic E-state index is 0.0687. The summed E-state index contributed by atoms with van der Waals surface area (Å²) >= 11 is 6.09. The van der Waals surface area contributed by atoms with Crippen molar-refractivity contribution >= 4 is 39.1 Å². The molecule has 9 heteroatoms. The molecule has 1 N–H and O–H groups in total. The van der Waals surface area contributed by atoms with Crippen LogP contribution in [0.3, 0.4) is 0 Å². The first kappa shape index (κ1) is 30.6. The number of aryl methyl sites for hydroxylation is 2. The van der Waals surface area contributed by atoms with Crippen LogP contribution in [0.15, 0.2) is 77.7 Å². The first-order valence-electron chi connectivity index (χ1n) is 14.0. The number of benzene rings is 3. The lowest BCUT2D eigenvalue weighted by atomic mass is 9.95. The van der Waals surface area contributed by atoms with Crippen molar-refractivity contribution in [1.82, 2.24) is 10.2 Å². The Labute approximate surface area is 248 Å². The van der Waals surface area contributed by atoms with E-state index >= 15 is 0 Å². The third-order valence-corrected chi connectivity index (χ3v) is 9.60. The number of sulfonamides is 1. The van der Waals surface area contributed by atoms with Crippen molar-refractivity contribution in [2.24, 2.45) is 0 Å². The van der Waals surface area contributed by atoms with Crippen LogP contribution >= 0.6 is 11.6 Å². The lowest BCUT2D eigenvalue weighted by Gasteiger charge is -2.33. The van der Waals surface area contributed by atoms with E-state index in [9.17, 15) is 18.0 Å². The molecule has 3 aromatic rings. The van der Waals surface area contributed by atoms with Crippen LogP contribution in [0.5, 0.6) is 0 Å². The number of carbonyl (C=O) groups excluding carboxylic acids is 2. The van der Waals surface area contributed by atoms with E-state index in [1.165, 1.54) is 17.0 Å². The number of amides is 2. The van der Waals surface area contributed by atoms with Gasteiger partial charge in [-0.25, -0.2) is 8.42 Å². The fourth-order valence-electron chi connectivity index (χ4n) is 5.13. The molecule has 7 nitrogen and oxygen atoms in total. The van der Waals surface area contributed by atoms with Crippen LogP contribution < -0.4 is 9.62 Å². The fourth-order valence-corrected chi connectivity index (χ4v) is 6.67. The van der Waals surface area contributed by atoms with Crippen molar-refractivity contribution in [1.29, 1.82) is 0 Å². The molecule has 0 aliphatic heterocycles. The maximum atomic E-state index is 14.1. The van der Waals surface area contributed by atoms with E-state index in [4.69, 9.17) is 11.6 Å². The summed E-state index contributed by atoms with van der Waals surface area (Å²) in [5.74, 6) is -0.722. The average molecular weight is 596 g/mol. The van der Waals surface area contributed by atoms with Gasteiger partial charge in [-0.1, -0.05) is 78.4 Å². The first-order valence-corrected chi connectivity index (χ1v) is 15.9. The number of hydrogen-bond acceptors (Lipinski definition) is 4.